The highest BCUT2D eigenvalue weighted by Crippen LogP contribution is 2.28. The second-order valence-electron chi connectivity index (χ2n) is 6.84. The van der Waals surface area contributed by atoms with Crippen molar-refractivity contribution in [1.29, 1.82) is 0 Å². The van der Waals surface area contributed by atoms with E-state index in [4.69, 9.17) is 23.2 Å². The van der Waals surface area contributed by atoms with Gasteiger partial charge in [0.25, 0.3) is 5.56 Å². The van der Waals surface area contributed by atoms with Crippen molar-refractivity contribution >= 4 is 40.0 Å². The van der Waals surface area contributed by atoms with E-state index in [1.807, 2.05) is 37.3 Å². The van der Waals surface area contributed by atoms with E-state index >= 15 is 0 Å². The van der Waals surface area contributed by atoms with Gasteiger partial charge in [-0.1, -0.05) is 53.5 Å². The van der Waals surface area contributed by atoms with Crippen molar-refractivity contribution in [2.45, 2.75) is 13.5 Å². The van der Waals surface area contributed by atoms with Crippen LogP contribution < -0.4 is 5.56 Å². The van der Waals surface area contributed by atoms with E-state index < -0.39 is 0 Å². The Hall–Kier alpha value is -3.29. The van der Waals surface area contributed by atoms with Crippen molar-refractivity contribution in [3.8, 4) is 11.1 Å². The van der Waals surface area contributed by atoms with Gasteiger partial charge in [-0.15, -0.1) is 10.2 Å². The van der Waals surface area contributed by atoms with Gasteiger partial charge in [0, 0.05) is 10.0 Å². The monoisotopic (exact) mass is 436 g/mol. The lowest BCUT2D eigenvalue weighted by atomic mass is 10.1. The second-order valence-corrected chi connectivity index (χ2v) is 7.69. The fourth-order valence-electron chi connectivity index (χ4n) is 3.44. The first-order chi connectivity index (χ1) is 14.5. The first kappa shape index (κ1) is 18.7. The molecule has 7 nitrogen and oxygen atoms in total. The Morgan fingerprint density at radius 2 is 1.73 bits per heavy atom. The number of rotatable bonds is 3. The van der Waals surface area contributed by atoms with Crippen LogP contribution in [0.5, 0.6) is 0 Å². The molecular formula is C21H14Cl2N6O. The molecular weight excluding hydrogens is 423 g/mol. The maximum atomic E-state index is 13.0. The topological polar surface area (TPSA) is 78.0 Å². The summed E-state index contributed by atoms with van der Waals surface area (Å²) in [6.45, 7) is 2.17. The highest BCUT2D eigenvalue weighted by atomic mass is 35.5. The molecule has 9 heteroatoms. The first-order valence-corrected chi connectivity index (χ1v) is 9.89. The van der Waals surface area contributed by atoms with E-state index in [1.54, 1.807) is 22.7 Å². The van der Waals surface area contributed by atoms with Crippen molar-refractivity contribution in [1.82, 2.24) is 29.4 Å². The number of hydrogen-bond acceptors (Lipinski definition) is 5. The molecule has 0 aliphatic rings. The van der Waals surface area contributed by atoms with Crippen molar-refractivity contribution in [2.24, 2.45) is 0 Å². The summed E-state index contributed by atoms with van der Waals surface area (Å²) in [5, 5.41) is 14.3. The Bertz CT molecular complexity index is 1470. The van der Waals surface area contributed by atoms with Gasteiger partial charge in [0.1, 0.15) is 6.33 Å². The van der Waals surface area contributed by atoms with Gasteiger partial charge in [0.05, 0.1) is 17.8 Å². The molecule has 0 aliphatic carbocycles. The van der Waals surface area contributed by atoms with Gasteiger partial charge in [-0.25, -0.2) is 4.98 Å². The van der Waals surface area contributed by atoms with Crippen LogP contribution in [0.2, 0.25) is 10.0 Å². The van der Waals surface area contributed by atoms with Gasteiger partial charge in [-0.05, 0) is 36.2 Å². The molecule has 148 valence electrons. The van der Waals surface area contributed by atoms with Gasteiger partial charge in [-0.2, -0.15) is 9.61 Å². The summed E-state index contributed by atoms with van der Waals surface area (Å²) in [7, 11) is 0. The Labute approximate surface area is 180 Å². The molecule has 0 spiro atoms. The molecule has 0 radical (unpaired) electrons. The molecule has 0 fully saturated rings. The molecule has 0 N–H and O–H groups in total. The Balaban J connectivity index is 1.67. The molecule has 3 heterocycles. The summed E-state index contributed by atoms with van der Waals surface area (Å²) in [6, 6.07) is 14.8. The van der Waals surface area contributed by atoms with E-state index in [2.05, 4.69) is 20.3 Å². The third kappa shape index (κ3) is 3.03. The summed E-state index contributed by atoms with van der Waals surface area (Å²) in [6.07, 6.45) is 1.48. The van der Waals surface area contributed by atoms with E-state index in [0.29, 0.717) is 21.3 Å². The van der Waals surface area contributed by atoms with Gasteiger partial charge in [0.15, 0.2) is 16.8 Å². The molecule has 0 saturated carbocycles. The summed E-state index contributed by atoms with van der Waals surface area (Å²) in [5.74, 6) is 0. The zero-order valence-electron chi connectivity index (χ0n) is 15.8. The van der Waals surface area contributed by atoms with Crippen LogP contribution >= 0.6 is 23.2 Å². The third-order valence-electron chi connectivity index (χ3n) is 4.91. The van der Waals surface area contributed by atoms with E-state index in [1.165, 1.54) is 10.9 Å². The standard InChI is InChI=1S/C21H14Cl2N6O/c1-12-17(13-6-8-15(22)9-7-13)19-26-25-18-20(29(19)27-12)24-11-28(21(18)30)10-14-4-2-3-5-16(14)23/h2-9,11H,10H2,1H3. The Morgan fingerprint density at radius 3 is 2.50 bits per heavy atom. The summed E-state index contributed by atoms with van der Waals surface area (Å²) >= 11 is 12.2. The van der Waals surface area contributed by atoms with Crippen molar-refractivity contribution in [3.63, 3.8) is 0 Å². The zero-order chi connectivity index (χ0) is 20.8. The number of fused-ring (bicyclic) bond motifs is 3. The van der Waals surface area contributed by atoms with Gasteiger partial charge < -0.3 is 0 Å². The number of nitrogens with zero attached hydrogens (tertiary/aromatic N) is 6. The van der Waals surface area contributed by atoms with Crippen LogP contribution in [0.3, 0.4) is 0 Å². The minimum Gasteiger partial charge on any atom is -0.293 e. The highest BCUT2D eigenvalue weighted by Gasteiger charge is 2.18. The number of halogens is 2. The number of hydrogen-bond donors (Lipinski definition) is 0. The average molecular weight is 437 g/mol. The number of aryl methyl sites for hydroxylation is 1. The van der Waals surface area contributed by atoms with Crippen LogP contribution in [0, 0.1) is 6.92 Å². The van der Waals surface area contributed by atoms with E-state index in [0.717, 1.165) is 22.4 Å². The summed E-state index contributed by atoms with van der Waals surface area (Å²) < 4.78 is 3.02. The van der Waals surface area contributed by atoms with E-state index in [9.17, 15) is 4.79 Å². The minimum atomic E-state index is -0.310. The van der Waals surface area contributed by atoms with Crippen LogP contribution in [-0.2, 0) is 6.54 Å². The summed E-state index contributed by atoms with van der Waals surface area (Å²) in [4.78, 5) is 17.5. The molecule has 2 aromatic carbocycles. The Morgan fingerprint density at radius 1 is 0.967 bits per heavy atom. The first-order valence-electron chi connectivity index (χ1n) is 9.13. The molecule has 0 saturated heterocycles. The van der Waals surface area contributed by atoms with Crippen LogP contribution in [0.15, 0.2) is 59.7 Å². The average Bonchev–Trinajstić information content (AvgIpc) is 3.08. The van der Waals surface area contributed by atoms with Gasteiger partial charge in [-0.3, -0.25) is 9.36 Å². The minimum absolute atomic E-state index is 0.141. The number of aromatic nitrogens is 6. The van der Waals surface area contributed by atoms with Crippen LogP contribution in [0.25, 0.3) is 27.9 Å². The largest absolute Gasteiger partial charge is 0.293 e. The van der Waals surface area contributed by atoms with Crippen molar-refractivity contribution < 1.29 is 0 Å². The lowest BCUT2D eigenvalue weighted by molar-refractivity contribution is 0.737. The van der Waals surface area contributed by atoms with Gasteiger partial charge >= 0.3 is 0 Å². The quantitative estimate of drug-likeness (QED) is 0.424. The predicted octanol–water partition coefficient (Wildman–Crippen LogP) is 4.16. The number of benzene rings is 2. The van der Waals surface area contributed by atoms with Crippen LogP contribution in [0.4, 0.5) is 0 Å². The van der Waals surface area contributed by atoms with Gasteiger partial charge in [0.2, 0.25) is 0 Å². The molecule has 0 atom stereocenters. The van der Waals surface area contributed by atoms with Crippen LogP contribution in [-0.4, -0.2) is 29.4 Å². The smallest absolute Gasteiger partial charge is 0.283 e. The molecule has 30 heavy (non-hydrogen) atoms. The maximum absolute atomic E-state index is 13.0. The molecule has 3 aromatic heterocycles. The SMILES string of the molecule is Cc1nn2c(nnc3c(=O)n(Cc4ccccc4Cl)cnc32)c1-c1ccc(Cl)cc1. The lowest BCUT2D eigenvalue weighted by Gasteiger charge is -2.08. The van der Waals surface area contributed by atoms with Crippen molar-refractivity contribution in [2.75, 3.05) is 0 Å². The molecule has 5 rings (SSSR count). The molecule has 5 aromatic rings. The molecule has 0 unspecified atom stereocenters. The fourth-order valence-corrected chi connectivity index (χ4v) is 3.76. The maximum Gasteiger partial charge on any atom is 0.283 e. The molecule has 0 bridgehead atoms. The van der Waals surface area contributed by atoms with Crippen LogP contribution in [0.1, 0.15) is 11.3 Å². The fraction of sp³-hybridized carbons (Fsp3) is 0.0952. The predicted molar refractivity (Wildman–Crippen MR) is 116 cm³/mol. The normalized spacial score (nSPS) is 11.4. The highest BCUT2D eigenvalue weighted by molar-refractivity contribution is 6.31. The second kappa shape index (κ2) is 7.19. The Kier molecular flexibility index (Phi) is 4.49. The van der Waals surface area contributed by atoms with E-state index in [-0.39, 0.29) is 17.6 Å². The molecule has 0 amide bonds. The summed E-state index contributed by atoms with van der Waals surface area (Å²) in [5.41, 5.74) is 4.01. The lowest BCUT2D eigenvalue weighted by Crippen LogP contribution is -2.23. The zero-order valence-corrected chi connectivity index (χ0v) is 17.3. The van der Waals surface area contributed by atoms with Crippen molar-refractivity contribution in [3.05, 3.63) is 86.5 Å². The third-order valence-corrected chi connectivity index (χ3v) is 5.53. The molecule has 0 aliphatic heterocycles.